The number of rotatable bonds is 9. The molecule has 0 spiro atoms. The molecule has 1 aliphatic heterocycles. The van der Waals surface area contributed by atoms with Crippen LogP contribution in [0.1, 0.15) is 56.0 Å². The molecule has 5 rings (SSSR count). The molecule has 8 nitrogen and oxygen atoms in total. The number of allylic oxidation sites excluding steroid dienone is 1. The smallest absolute Gasteiger partial charge is 0.338 e. The number of ether oxygens (including phenoxy) is 3. The van der Waals surface area contributed by atoms with Crippen molar-refractivity contribution >= 4 is 23.4 Å². The van der Waals surface area contributed by atoms with Gasteiger partial charge in [0.05, 0.1) is 46.2 Å². The van der Waals surface area contributed by atoms with Crippen molar-refractivity contribution in [3.8, 4) is 17.6 Å². The Balaban J connectivity index is 1.57. The number of nitrogens with zero attached hydrogens (tertiary/aromatic N) is 3. The average molecular weight is 594 g/mol. The molecule has 0 saturated carbocycles. The lowest BCUT2D eigenvalue weighted by Gasteiger charge is -2.25. The van der Waals surface area contributed by atoms with Crippen molar-refractivity contribution in [3.63, 3.8) is 0 Å². The highest BCUT2D eigenvalue weighted by molar-refractivity contribution is 7.07. The standard InChI is InChI=1S/C34H31N3O5S/c1-5-40-27-16-14-25(15-17-27)31-30(33(39)42-21(2)3)22(4)36-34-37(31)32(38)29(43-34)18-26-8-6-7-9-28(26)41-20-24-12-10-23(19-35)11-13-24/h6-18,21,31H,5,20H2,1-4H3/b29-18+/t31-/m0/s1. The number of benzene rings is 3. The first-order chi connectivity index (χ1) is 20.8. The predicted octanol–water partition coefficient (Wildman–Crippen LogP) is 5.04. The molecule has 1 aromatic heterocycles. The van der Waals surface area contributed by atoms with E-state index in [1.165, 1.54) is 11.3 Å². The number of esters is 1. The van der Waals surface area contributed by atoms with Crippen LogP contribution in [0.15, 0.2) is 93.9 Å². The Morgan fingerprint density at radius 2 is 1.79 bits per heavy atom. The fourth-order valence-electron chi connectivity index (χ4n) is 4.80. The van der Waals surface area contributed by atoms with Gasteiger partial charge in [0, 0.05) is 5.56 Å². The normalized spacial score (nSPS) is 14.6. The Morgan fingerprint density at radius 1 is 1.07 bits per heavy atom. The molecule has 1 aliphatic rings. The van der Waals surface area contributed by atoms with Gasteiger partial charge in [-0.2, -0.15) is 5.26 Å². The van der Waals surface area contributed by atoms with Crippen LogP contribution in [0.25, 0.3) is 6.08 Å². The molecule has 0 unspecified atom stereocenters. The number of carbonyl (C=O) groups is 1. The Morgan fingerprint density at radius 3 is 2.47 bits per heavy atom. The molecule has 9 heteroatoms. The number of hydrogen-bond acceptors (Lipinski definition) is 8. The van der Waals surface area contributed by atoms with Crippen LogP contribution in [0.5, 0.6) is 11.5 Å². The maximum Gasteiger partial charge on any atom is 0.338 e. The van der Waals surface area contributed by atoms with Gasteiger partial charge >= 0.3 is 5.97 Å². The largest absolute Gasteiger partial charge is 0.494 e. The van der Waals surface area contributed by atoms with E-state index in [9.17, 15) is 9.59 Å². The molecule has 0 radical (unpaired) electrons. The van der Waals surface area contributed by atoms with Gasteiger partial charge in [-0.25, -0.2) is 9.79 Å². The minimum Gasteiger partial charge on any atom is -0.494 e. The van der Waals surface area contributed by atoms with Gasteiger partial charge in [0.25, 0.3) is 5.56 Å². The predicted molar refractivity (Wildman–Crippen MR) is 165 cm³/mol. The summed E-state index contributed by atoms with van der Waals surface area (Å²) in [6, 6.07) is 23.5. The molecule has 0 amide bonds. The number of hydrogen-bond donors (Lipinski definition) is 0. The van der Waals surface area contributed by atoms with E-state index in [-0.39, 0.29) is 11.7 Å². The van der Waals surface area contributed by atoms with E-state index in [0.717, 1.165) is 16.7 Å². The fraction of sp³-hybridized carbons (Fsp3) is 0.235. The number of nitriles is 1. The summed E-state index contributed by atoms with van der Waals surface area (Å²) in [7, 11) is 0. The van der Waals surface area contributed by atoms with Crippen molar-refractivity contribution in [2.75, 3.05) is 6.61 Å². The van der Waals surface area contributed by atoms with E-state index >= 15 is 0 Å². The second-order valence-corrected chi connectivity index (χ2v) is 11.2. The van der Waals surface area contributed by atoms with E-state index in [1.54, 1.807) is 43.5 Å². The molecule has 218 valence electrons. The summed E-state index contributed by atoms with van der Waals surface area (Å²) >= 11 is 1.26. The summed E-state index contributed by atoms with van der Waals surface area (Å²) in [6.45, 7) is 8.08. The van der Waals surface area contributed by atoms with Crippen molar-refractivity contribution in [3.05, 3.63) is 126 Å². The SMILES string of the molecule is CCOc1ccc([C@H]2C(C(=O)OC(C)C)=C(C)N=c3s/c(=C/c4ccccc4OCc4ccc(C#N)cc4)c(=O)n32)cc1. The van der Waals surface area contributed by atoms with Crippen molar-refractivity contribution in [1.29, 1.82) is 5.26 Å². The van der Waals surface area contributed by atoms with Crippen LogP contribution in [-0.4, -0.2) is 23.2 Å². The summed E-state index contributed by atoms with van der Waals surface area (Å²) < 4.78 is 19.3. The van der Waals surface area contributed by atoms with Crippen LogP contribution in [0.4, 0.5) is 0 Å². The fourth-order valence-corrected chi connectivity index (χ4v) is 5.84. The van der Waals surface area contributed by atoms with Gasteiger partial charge in [-0.05, 0) is 75.2 Å². The first-order valence-electron chi connectivity index (χ1n) is 14.0. The highest BCUT2D eigenvalue weighted by atomic mass is 32.1. The number of thiazole rings is 1. The molecule has 43 heavy (non-hydrogen) atoms. The van der Waals surface area contributed by atoms with Crippen LogP contribution < -0.4 is 24.4 Å². The van der Waals surface area contributed by atoms with Crippen LogP contribution in [0.2, 0.25) is 0 Å². The first-order valence-corrected chi connectivity index (χ1v) is 14.8. The van der Waals surface area contributed by atoms with Gasteiger partial charge in [0.1, 0.15) is 18.1 Å². The molecular weight excluding hydrogens is 562 g/mol. The number of fused-ring (bicyclic) bond motifs is 1. The monoisotopic (exact) mass is 593 g/mol. The topological polar surface area (TPSA) is 103 Å². The zero-order chi connectivity index (χ0) is 30.5. The molecule has 0 fully saturated rings. The van der Waals surface area contributed by atoms with Gasteiger partial charge in [-0.15, -0.1) is 0 Å². The molecule has 1 atom stereocenters. The molecule has 4 aromatic rings. The second kappa shape index (κ2) is 12.9. The summed E-state index contributed by atoms with van der Waals surface area (Å²) in [6.07, 6.45) is 1.46. The zero-order valence-electron chi connectivity index (χ0n) is 24.4. The number of aromatic nitrogens is 1. The molecule has 0 N–H and O–H groups in total. The molecule has 3 aromatic carbocycles. The van der Waals surface area contributed by atoms with E-state index in [4.69, 9.17) is 19.5 Å². The van der Waals surface area contributed by atoms with E-state index < -0.39 is 12.0 Å². The maximum atomic E-state index is 14.0. The van der Waals surface area contributed by atoms with E-state index in [0.29, 0.717) is 50.9 Å². The van der Waals surface area contributed by atoms with E-state index in [1.807, 2.05) is 67.6 Å². The first kappa shape index (κ1) is 29.5. The third kappa shape index (κ3) is 6.45. The van der Waals surface area contributed by atoms with Crippen LogP contribution in [0.3, 0.4) is 0 Å². The van der Waals surface area contributed by atoms with Crippen molar-refractivity contribution in [1.82, 2.24) is 4.57 Å². The van der Waals surface area contributed by atoms with Crippen LogP contribution >= 0.6 is 11.3 Å². The van der Waals surface area contributed by atoms with Gasteiger partial charge in [0.2, 0.25) is 0 Å². The lowest BCUT2D eigenvalue weighted by Crippen LogP contribution is -2.40. The summed E-state index contributed by atoms with van der Waals surface area (Å²) in [5, 5.41) is 9.05. The van der Waals surface area contributed by atoms with Crippen molar-refractivity contribution < 1.29 is 19.0 Å². The summed E-state index contributed by atoms with van der Waals surface area (Å²) in [5.41, 5.74) is 3.53. The minimum atomic E-state index is -0.719. The summed E-state index contributed by atoms with van der Waals surface area (Å²) in [4.78, 5) is 32.5. The average Bonchev–Trinajstić information content (AvgIpc) is 3.30. The molecular formula is C34H31N3O5S. The quantitative estimate of drug-likeness (QED) is 0.252. The molecule has 0 saturated heterocycles. The maximum absolute atomic E-state index is 14.0. The Hall–Kier alpha value is -4.94. The highest BCUT2D eigenvalue weighted by Gasteiger charge is 2.33. The minimum absolute atomic E-state index is 0.271. The zero-order valence-corrected chi connectivity index (χ0v) is 25.2. The molecule has 2 heterocycles. The number of para-hydroxylation sites is 1. The molecule has 0 bridgehead atoms. The van der Waals surface area contributed by atoms with Gasteiger partial charge in [-0.1, -0.05) is 53.8 Å². The Kier molecular flexibility index (Phi) is 8.88. The lowest BCUT2D eigenvalue weighted by atomic mass is 9.96. The Bertz CT molecular complexity index is 1900. The van der Waals surface area contributed by atoms with Crippen LogP contribution in [-0.2, 0) is 16.1 Å². The second-order valence-electron chi connectivity index (χ2n) is 10.2. The van der Waals surface area contributed by atoms with Gasteiger partial charge < -0.3 is 14.2 Å². The molecule has 0 aliphatic carbocycles. The third-order valence-corrected chi connectivity index (χ3v) is 7.76. The third-order valence-electron chi connectivity index (χ3n) is 6.77. The van der Waals surface area contributed by atoms with Gasteiger partial charge in [0.15, 0.2) is 4.80 Å². The lowest BCUT2D eigenvalue weighted by molar-refractivity contribution is -0.143. The van der Waals surface area contributed by atoms with Gasteiger partial charge in [-0.3, -0.25) is 9.36 Å². The summed E-state index contributed by atoms with van der Waals surface area (Å²) in [5.74, 6) is 0.799. The van der Waals surface area contributed by atoms with Crippen molar-refractivity contribution in [2.45, 2.75) is 46.4 Å². The van der Waals surface area contributed by atoms with Crippen LogP contribution in [0, 0.1) is 11.3 Å². The van der Waals surface area contributed by atoms with E-state index in [2.05, 4.69) is 11.1 Å². The van der Waals surface area contributed by atoms with Crippen molar-refractivity contribution in [2.24, 2.45) is 4.99 Å². The Labute approximate surface area is 253 Å². The highest BCUT2D eigenvalue weighted by Crippen LogP contribution is 2.32. The number of carbonyl (C=O) groups excluding carboxylic acids is 1.